The van der Waals surface area contributed by atoms with Crippen molar-refractivity contribution < 1.29 is 14.2 Å². The molecular weight excluding hydrogens is 406 g/mol. The maximum absolute atomic E-state index is 5.63. The molecule has 0 N–H and O–H groups in total. The van der Waals surface area contributed by atoms with Crippen LogP contribution in [0.4, 0.5) is 0 Å². The van der Waals surface area contributed by atoms with Gasteiger partial charge in [0.05, 0.1) is 7.11 Å². The molecule has 2 aliphatic rings. The van der Waals surface area contributed by atoms with Gasteiger partial charge >= 0.3 is 0 Å². The summed E-state index contributed by atoms with van der Waals surface area (Å²) in [6.45, 7) is 3.75. The average Bonchev–Trinajstić information content (AvgIpc) is 3.18. The number of hydrogen-bond acceptors (Lipinski definition) is 4. The molecule has 0 spiro atoms. The fourth-order valence-corrected chi connectivity index (χ4v) is 4.43. The summed E-state index contributed by atoms with van der Waals surface area (Å²) in [5.41, 5.74) is 2.61. The second-order valence-corrected chi connectivity index (χ2v) is 8.20. The van der Waals surface area contributed by atoms with E-state index in [4.69, 9.17) is 14.2 Å². The fraction of sp³-hybridized carbons (Fsp3) is 0.455. The number of benzene rings is 2. The second kappa shape index (κ2) is 8.53. The Balaban J connectivity index is 1.28. The summed E-state index contributed by atoms with van der Waals surface area (Å²) in [5, 5.41) is 0. The maximum atomic E-state index is 5.63. The lowest BCUT2D eigenvalue weighted by atomic mass is 9.90. The molecule has 0 unspecified atom stereocenters. The van der Waals surface area contributed by atoms with E-state index >= 15 is 0 Å². The Labute approximate surface area is 169 Å². The van der Waals surface area contributed by atoms with Gasteiger partial charge in [-0.2, -0.15) is 0 Å². The lowest BCUT2D eigenvalue weighted by Gasteiger charge is -2.32. The maximum Gasteiger partial charge on any atom is 0.231 e. The van der Waals surface area contributed by atoms with Gasteiger partial charge in [0.2, 0.25) is 6.79 Å². The molecule has 0 amide bonds. The molecule has 0 saturated carbocycles. The first-order chi connectivity index (χ1) is 13.2. The summed E-state index contributed by atoms with van der Waals surface area (Å²) >= 11 is 3.69. The van der Waals surface area contributed by atoms with Crippen molar-refractivity contribution in [1.29, 1.82) is 0 Å². The molecule has 2 aromatic rings. The molecule has 0 radical (unpaired) electrons. The van der Waals surface area contributed by atoms with E-state index in [-0.39, 0.29) is 0 Å². The van der Waals surface area contributed by atoms with Gasteiger partial charge in [-0.3, -0.25) is 0 Å². The number of rotatable bonds is 6. The van der Waals surface area contributed by atoms with Gasteiger partial charge in [-0.25, -0.2) is 0 Å². The molecule has 2 aromatic carbocycles. The van der Waals surface area contributed by atoms with Crippen molar-refractivity contribution >= 4 is 15.9 Å². The number of fused-ring (bicyclic) bond motifs is 1. The van der Waals surface area contributed by atoms with Gasteiger partial charge in [0, 0.05) is 11.0 Å². The van der Waals surface area contributed by atoms with Gasteiger partial charge in [0.15, 0.2) is 11.5 Å². The van der Waals surface area contributed by atoms with Crippen molar-refractivity contribution in [2.45, 2.75) is 25.7 Å². The highest BCUT2D eigenvalue weighted by molar-refractivity contribution is 9.10. The van der Waals surface area contributed by atoms with Crippen LogP contribution < -0.4 is 14.2 Å². The van der Waals surface area contributed by atoms with Crippen LogP contribution in [0.25, 0.3) is 0 Å². The highest BCUT2D eigenvalue weighted by Crippen LogP contribution is 2.36. The largest absolute Gasteiger partial charge is 0.497 e. The van der Waals surface area contributed by atoms with Crippen LogP contribution in [0.3, 0.4) is 0 Å². The van der Waals surface area contributed by atoms with Crippen LogP contribution in [-0.4, -0.2) is 38.4 Å². The highest BCUT2D eigenvalue weighted by Gasteiger charge is 2.22. The first kappa shape index (κ1) is 18.6. The SMILES string of the molecule is COc1ccc(Br)c(CC2CCN(CCc3cccc4c3OCO4)CC2)c1. The van der Waals surface area contributed by atoms with Gasteiger partial charge in [-0.05, 0) is 80.1 Å². The molecule has 4 rings (SSSR count). The summed E-state index contributed by atoms with van der Waals surface area (Å²) in [6.07, 6.45) is 4.62. The van der Waals surface area contributed by atoms with E-state index in [1.165, 1.54) is 41.5 Å². The van der Waals surface area contributed by atoms with Crippen LogP contribution in [0.2, 0.25) is 0 Å². The van der Waals surface area contributed by atoms with Crippen molar-refractivity contribution in [3.8, 4) is 17.2 Å². The second-order valence-electron chi connectivity index (χ2n) is 7.35. The van der Waals surface area contributed by atoms with Crippen molar-refractivity contribution in [1.82, 2.24) is 4.90 Å². The number of nitrogens with zero attached hydrogens (tertiary/aromatic N) is 1. The molecule has 5 heteroatoms. The third-order valence-corrected chi connectivity index (χ3v) is 6.42. The molecule has 0 atom stereocenters. The molecule has 0 aliphatic carbocycles. The third kappa shape index (κ3) is 4.41. The summed E-state index contributed by atoms with van der Waals surface area (Å²) in [5.74, 6) is 3.50. The summed E-state index contributed by atoms with van der Waals surface area (Å²) < 4.78 is 17.7. The summed E-state index contributed by atoms with van der Waals surface area (Å²) in [4.78, 5) is 2.58. The van der Waals surface area contributed by atoms with E-state index in [0.717, 1.165) is 42.6 Å². The molecule has 0 aromatic heterocycles. The summed E-state index contributed by atoms with van der Waals surface area (Å²) in [6, 6.07) is 12.4. The zero-order valence-electron chi connectivity index (χ0n) is 15.7. The van der Waals surface area contributed by atoms with Crippen LogP contribution in [0.1, 0.15) is 24.0 Å². The highest BCUT2D eigenvalue weighted by atomic mass is 79.9. The van der Waals surface area contributed by atoms with Crippen molar-refractivity contribution in [3.63, 3.8) is 0 Å². The Hall–Kier alpha value is -1.72. The smallest absolute Gasteiger partial charge is 0.231 e. The van der Waals surface area contributed by atoms with Crippen LogP contribution in [0.5, 0.6) is 17.2 Å². The topological polar surface area (TPSA) is 30.9 Å². The normalized spacial score (nSPS) is 17.3. The molecule has 0 bridgehead atoms. The number of ether oxygens (including phenoxy) is 3. The minimum atomic E-state index is 0.345. The van der Waals surface area contributed by atoms with Crippen LogP contribution in [0, 0.1) is 5.92 Å². The Kier molecular flexibility index (Phi) is 5.89. The van der Waals surface area contributed by atoms with E-state index in [2.05, 4.69) is 45.1 Å². The third-order valence-electron chi connectivity index (χ3n) is 5.64. The first-order valence-electron chi connectivity index (χ1n) is 9.65. The fourth-order valence-electron chi connectivity index (χ4n) is 4.03. The summed E-state index contributed by atoms with van der Waals surface area (Å²) in [7, 11) is 1.73. The standard InChI is InChI=1S/C22H26BrNO3/c1-25-19-5-6-20(23)18(14-19)13-16-7-10-24(11-8-16)12-9-17-3-2-4-21-22(17)27-15-26-21/h2-6,14,16H,7-13,15H2,1H3. The monoisotopic (exact) mass is 431 g/mol. The van der Waals surface area contributed by atoms with E-state index in [1.54, 1.807) is 7.11 Å². The lowest BCUT2D eigenvalue weighted by Crippen LogP contribution is -2.35. The van der Waals surface area contributed by atoms with Crippen LogP contribution in [-0.2, 0) is 12.8 Å². The van der Waals surface area contributed by atoms with E-state index in [0.29, 0.717) is 6.79 Å². The number of halogens is 1. The lowest BCUT2D eigenvalue weighted by molar-refractivity contribution is 0.171. The molecule has 27 heavy (non-hydrogen) atoms. The zero-order chi connectivity index (χ0) is 18.6. The molecule has 144 valence electrons. The Morgan fingerprint density at radius 1 is 1.11 bits per heavy atom. The molecule has 2 aliphatic heterocycles. The molecule has 2 heterocycles. The van der Waals surface area contributed by atoms with Gasteiger partial charge in [-0.1, -0.05) is 28.1 Å². The van der Waals surface area contributed by atoms with Crippen molar-refractivity contribution in [3.05, 3.63) is 52.0 Å². The minimum Gasteiger partial charge on any atom is -0.497 e. The van der Waals surface area contributed by atoms with Gasteiger partial charge in [0.25, 0.3) is 0 Å². The molecule has 4 nitrogen and oxygen atoms in total. The minimum absolute atomic E-state index is 0.345. The quantitative estimate of drug-likeness (QED) is 0.663. The van der Waals surface area contributed by atoms with E-state index < -0.39 is 0 Å². The van der Waals surface area contributed by atoms with Crippen LogP contribution in [0.15, 0.2) is 40.9 Å². The molecule has 1 fully saturated rings. The van der Waals surface area contributed by atoms with Crippen molar-refractivity contribution in [2.75, 3.05) is 33.5 Å². The Morgan fingerprint density at radius 2 is 1.96 bits per heavy atom. The molecular formula is C22H26BrNO3. The predicted molar refractivity (Wildman–Crippen MR) is 110 cm³/mol. The average molecular weight is 432 g/mol. The molecule has 1 saturated heterocycles. The van der Waals surface area contributed by atoms with Crippen LogP contribution >= 0.6 is 15.9 Å². The predicted octanol–water partition coefficient (Wildman–Crippen LogP) is 4.68. The Morgan fingerprint density at radius 3 is 2.78 bits per heavy atom. The number of hydrogen-bond donors (Lipinski definition) is 0. The zero-order valence-corrected chi connectivity index (χ0v) is 17.3. The van der Waals surface area contributed by atoms with Gasteiger partial charge in [-0.15, -0.1) is 0 Å². The number of likely N-dealkylation sites (tertiary alicyclic amines) is 1. The van der Waals surface area contributed by atoms with Gasteiger partial charge < -0.3 is 19.1 Å². The van der Waals surface area contributed by atoms with Gasteiger partial charge in [0.1, 0.15) is 5.75 Å². The van der Waals surface area contributed by atoms with Crippen molar-refractivity contribution in [2.24, 2.45) is 5.92 Å². The number of piperidine rings is 1. The van der Waals surface area contributed by atoms with E-state index in [1.807, 2.05) is 12.1 Å². The number of methoxy groups -OCH3 is 1. The Bertz CT molecular complexity index is 787. The number of para-hydroxylation sites is 1. The van der Waals surface area contributed by atoms with E-state index in [9.17, 15) is 0 Å². The first-order valence-corrected chi connectivity index (χ1v) is 10.4.